The summed E-state index contributed by atoms with van der Waals surface area (Å²) >= 11 is 0. The number of carbonyl (C=O) groups is 2. The maximum absolute atomic E-state index is 11.7. The van der Waals surface area contributed by atoms with E-state index in [4.69, 9.17) is 14.2 Å². The minimum Gasteiger partial charge on any atom is -0.507 e. The van der Waals surface area contributed by atoms with Crippen LogP contribution >= 0.6 is 0 Å². The van der Waals surface area contributed by atoms with Crippen molar-refractivity contribution in [2.24, 2.45) is 0 Å². The number of phenols is 2. The molecule has 0 saturated heterocycles. The van der Waals surface area contributed by atoms with Crippen LogP contribution in [0.5, 0.6) is 11.5 Å². The third-order valence-electron chi connectivity index (χ3n) is 7.19. The molecule has 0 aliphatic carbocycles. The van der Waals surface area contributed by atoms with Crippen molar-refractivity contribution in [1.82, 2.24) is 0 Å². The zero-order valence-electron chi connectivity index (χ0n) is 29.4. The van der Waals surface area contributed by atoms with Gasteiger partial charge in [0, 0.05) is 19.4 Å². The van der Waals surface area contributed by atoms with Crippen LogP contribution in [-0.2, 0) is 52.9 Å². The van der Waals surface area contributed by atoms with Crippen LogP contribution in [0.15, 0.2) is 24.3 Å². The summed E-state index contributed by atoms with van der Waals surface area (Å²) in [5, 5.41) is 20.9. The molecule has 2 rings (SSSR count). The number of aryl methyl sites for hydroxylation is 3. The summed E-state index contributed by atoms with van der Waals surface area (Å²) in [5.74, 6) is 0.323. The van der Waals surface area contributed by atoms with E-state index in [0.717, 1.165) is 33.4 Å². The molecule has 44 heavy (non-hydrogen) atoms. The van der Waals surface area contributed by atoms with Gasteiger partial charge in [0.1, 0.15) is 18.1 Å². The number of aromatic hydroxyl groups is 2. The Balaban J connectivity index is 0.000000440. The van der Waals surface area contributed by atoms with E-state index in [0.29, 0.717) is 63.6 Å². The third kappa shape index (κ3) is 12.9. The topological polar surface area (TPSA) is 102 Å². The SMILES string of the molecule is CCOC(=O)CCc1cc(C(C)(C)C)c(O)c(C(C)(C)C)c1.CCOCCOC(=O)CCc1cc(C)c(O)c(C(C)(C)C)c1. The van der Waals surface area contributed by atoms with Crippen LogP contribution in [0.2, 0.25) is 0 Å². The van der Waals surface area contributed by atoms with E-state index in [1.807, 2.05) is 45.0 Å². The summed E-state index contributed by atoms with van der Waals surface area (Å²) in [6, 6.07) is 7.95. The summed E-state index contributed by atoms with van der Waals surface area (Å²) in [6.07, 6.45) is 1.94. The monoisotopic (exact) mass is 614 g/mol. The van der Waals surface area contributed by atoms with Crippen LogP contribution in [0.4, 0.5) is 0 Å². The fourth-order valence-corrected chi connectivity index (χ4v) is 4.71. The Morgan fingerprint density at radius 3 is 1.43 bits per heavy atom. The van der Waals surface area contributed by atoms with Gasteiger partial charge < -0.3 is 24.4 Å². The van der Waals surface area contributed by atoms with Gasteiger partial charge in [0.25, 0.3) is 0 Å². The first-order valence-electron chi connectivity index (χ1n) is 15.8. The van der Waals surface area contributed by atoms with Crippen molar-refractivity contribution in [3.05, 3.63) is 57.6 Å². The Morgan fingerprint density at radius 1 is 0.614 bits per heavy atom. The molecule has 0 aliphatic heterocycles. The highest BCUT2D eigenvalue weighted by molar-refractivity contribution is 5.70. The fraction of sp³-hybridized carbons (Fsp3) is 0.622. The molecule has 7 nitrogen and oxygen atoms in total. The molecule has 0 radical (unpaired) electrons. The average Bonchev–Trinajstić information content (AvgIpc) is 2.89. The summed E-state index contributed by atoms with van der Waals surface area (Å²) in [7, 11) is 0. The van der Waals surface area contributed by atoms with E-state index in [-0.39, 0.29) is 28.2 Å². The number of phenolic OH excluding ortho intramolecular Hbond substituents is 2. The van der Waals surface area contributed by atoms with E-state index in [9.17, 15) is 19.8 Å². The molecule has 2 aromatic rings. The van der Waals surface area contributed by atoms with E-state index in [1.165, 1.54) is 0 Å². The summed E-state index contributed by atoms with van der Waals surface area (Å²) in [6.45, 7) is 26.1. The summed E-state index contributed by atoms with van der Waals surface area (Å²) in [5.41, 5.74) is 5.29. The van der Waals surface area contributed by atoms with Gasteiger partial charge in [-0.3, -0.25) is 9.59 Å². The van der Waals surface area contributed by atoms with Crippen LogP contribution in [0.3, 0.4) is 0 Å². The van der Waals surface area contributed by atoms with Crippen molar-refractivity contribution < 1.29 is 34.0 Å². The fourth-order valence-electron chi connectivity index (χ4n) is 4.71. The highest BCUT2D eigenvalue weighted by Crippen LogP contribution is 2.40. The van der Waals surface area contributed by atoms with Gasteiger partial charge in [0.2, 0.25) is 0 Å². The maximum atomic E-state index is 11.7. The first-order valence-corrected chi connectivity index (χ1v) is 15.8. The maximum Gasteiger partial charge on any atom is 0.306 e. The lowest BCUT2D eigenvalue weighted by Gasteiger charge is -2.28. The van der Waals surface area contributed by atoms with E-state index in [2.05, 4.69) is 62.3 Å². The lowest BCUT2D eigenvalue weighted by molar-refractivity contribution is -0.145. The predicted octanol–water partition coefficient (Wildman–Crippen LogP) is 7.99. The van der Waals surface area contributed by atoms with Crippen LogP contribution < -0.4 is 0 Å². The second-order valence-electron chi connectivity index (χ2n) is 14.3. The van der Waals surface area contributed by atoms with Crippen molar-refractivity contribution in [2.75, 3.05) is 26.4 Å². The van der Waals surface area contributed by atoms with Crippen LogP contribution in [0, 0.1) is 6.92 Å². The number of rotatable bonds is 11. The van der Waals surface area contributed by atoms with Crippen molar-refractivity contribution in [3.8, 4) is 11.5 Å². The third-order valence-corrected chi connectivity index (χ3v) is 7.19. The normalized spacial score (nSPS) is 11.9. The second-order valence-corrected chi connectivity index (χ2v) is 14.3. The van der Waals surface area contributed by atoms with Gasteiger partial charge in [-0.15, -0.1) is 0 Å². The Kier molecular flexibility index (Phi) is 14.9. The molecule has 0 spiro atoms. The van der Waals surface area contributed by atoms with E-state index >= 15 is 0 Å². The molecule has 0 saturated carbocycles. The standard InChI is InChI=1S/C19H30O3.C18H28O4/c1-8-22-16(20)10-9-13-11-14(18(2,3)4)17(21)15(12-13)19(5,6)7;1-6-21-9-10-22-16(19)8-7-14-11-13(2)17(20)15(12-14)18(3,4)5/h11-12,21H,8-10H2,1-7H3;11-12,20H,6-10H2,1-5H3. The zero-order chi connectivity index (χ0) is 33.9. The number of ether oxygens (including phenoxy) is 3. The predicted molar refractivity (Wildman–Crippen MR) is 178 cm³/mol. The molecule has 0 atom stereocenters. The molecule has 0 aromatic heterocycles. The number of esters is 2. The van der Waals surface area contributed by atoms with Crippen LogP contribution in [-0.4, -0.2) is 48.6 Å². The highest BCUT2D eigenvalue weighted by Gasteiger charge is 2.26. The van der Waals surface area contributed by atoms with Gasteiger partial charge in [-0.25, -0.2) is 0 Å². The second kappa shape index (κ2) is 16.9. The molecule has 0 fully saturated rings. The number of hydrogen-bond acceptors (Lipinski definition) is 7. The summed E-state index contributed by atoms with van der Waals surface area (Å²) < 4.78 is 15.2. The van der Waals surface area contributed by atoms with Gasteiger partial charge in [-0.05, 0) is 83.2 Å². The molecule has 2 aromatic carbocycles. The molecule has 0 bridgehead atoms. The van der Waals surface area contributed by atoms with E-state index in [1.54, 1.807) is 0 Å². The van der Waals surface area contributed by atoms with Gasteiger partial charge in [-0.1, -0.05) is 86.6 Å². The van der Waals surface area contributed by atoms with Crippen molar-refractivity contribution in [2.45, 2.75) is 125 Å². The smallest absolute Gasteiger partial charge is 0.306 e. The van der Waals surface area contributed by atoms with E-state index < -0.39 is 0 Å². The lowest BCUT2D eigenvalue weighted by atomic mass is 9.78. The Labute approximate surface area is 266 Å². The van der Waals surface area contributed by atoms with Crippen molar-refractivity contribution >= 4 is 11.9 Å². The largest absolute Gasteiger partial charge is 0.507 e. The molecule has 0 heterocycles. The zero-order valence-corrected chi connectivity index (χ0v) is 29.4. The minimum atomic E-state index is -0.220. The van der Waals surface area contributed by atoms with Gasteiger partial charge in [0.15, 0.2) is 0 Å². The molecule has 0 amide bonds. The Bertz CT molecular complexity index is 1190. The molecule has 0 unspecified atom stereocenters. The molecular formula is C37H58O7. The van der Waals surface area contributed by atoms with Crippen LogP contribution in [0.25, 0.3) is 0 Å². The first kappa shape index (κ1) is 39.0. The number of hydrogen-bond donors (Lipinski definition) is 2. The Morgan fingerprint density at radius 2 is 1.02 bits per heavy atom. The quantitative estimate of drug-likeness (QED) is 0.195. The highest BCUT2D eigenvalue weighted by atomic mass is 16.6. The molecule has 2 N–H and O–H groups in total. The summed E-state index contributed by atoms with van der Waals surface area (Å²) in [4.78, 5) is 23.3. The molecule has 248 valence electrons. The van der Waals surface area contributed by atoms with Gasteiger partial charge in [-0.2, -0.15) is 0 Å². The van der Waals surface area contributed by atoms with Gasteiger partial charge in [0.05, 0.1) is 13.2 Å². The molecule has 0 aliphatic rings. The van der Waals surface area contributed by atoms with Crippen LogP contribution in [0.1, 0.15) is 122 Å². The van der Waals surface area contributed by atoms with Gasteiger partial charge >= 0.3 is 11.9 Å². The Hall–Kier alpha value is -3.06. The lowest BCUT2D eigenvalue weighted by Crippen LogP contribution is -2.18. The molecular weight excluding hydrogens is 556 g/mol. The van der Waals surface area contributed by atoms with Crippen molar-refractivity contribution in [3.63, 3.8) is 0 Å². The minimum absolute atomic E-state index is 0.136. The van der Waals surface area contributed by atoms with Crippen molar-refractivity contribution in [1.29, 1.82) is 0 Å². The average molecular weight is 615 g/mol. The molecule has 7 heteroatoms. The number of benzene rings is 2. The number of carbonyl (C=O) groups excluding carboxylic acids is 2. The first-order chi connectivity index (χ1) is 20.2.